The van der Waals surface area contributed by atoms with Gasteiger partial charge in [-0.25, -0.2) is 9.97 Å². The Kier molecular flexibility index (Phi) is 3.02. The van der Waals surface area contributed by atoms with Crippen LogP contribution in [0.2, 0.25) is 5.15 Å². The lowest BCUT2D eigenvalue weighted by molar-refractivity contribution is 1.23. The molecule has 0 atom stereocenters. The van der Waals surface area contributed by atoms with Gasteiger partial charge in [0.1, 0.15) is 11.5 Å². The average molecular weight is 373 g/mol. The minimum absolute atomic E-state index is 0.525. The molecule has 0 saturated heterocycles. The summed E-state index contributed by atoms with van der Waals surface area (Å²) >= 11 is 9.98. The van der Waals surface area contributed by atoms with Gasteiger partial charge in [0.2, 0.25) is 0 Å². The smallest absolute Gasteiger partial charge is 0.150 e. The van der Waals surface area contributed by atoms with Crippen LogP contribution in [0.15, 0.2) is 36.7 Å². The molecule has 0 bridgehead atoms. The molecule has 2 aromatic heterocycles. The zero-order valence-corrected chi connectivity index (χ0v) is 12.3. The van der Waals surface area contributed by atoms with Crippen LogP contribution in [-0.4, -0.2) is 9.97 Å². The van der Waals surface area contributed by atoms with Crippen molar-refractivity contribution in [3.63, 3.8) is 0 Å². The highest BCUT2D eigenvalue weighted by Gasteiger charge is 2.08. The molecular weight excluding hydrogens is 367 g/mol. The van der Waals surface area contributed by atoms with E-state index < -0.39 is 0 Å². The van der Waals surface area contributed by atoms with Gasteiger partial charge < -0.3 is 0 Å². The number of hydrogen-bond acceptors (Lipinski definition) is 3. The van der Waals surface area contributed by atoms with E-state index in [-0.39, 0.29) is 0 Å². The molecule has 0 fully saturated rings. The Morgan fingerprint density at radius 3 is 2.82 bits per heavy atom. The van der Waals surface area contributed by atoms with Gasteiger partial charge in [-0.15, -0.1) is 11.3 Å². The number of fused-ring (bicyclic) bond motifs is 1. The Labute approximate surface area is 121 Å². The number of nitrogens with zero attached hydrogens (tertiary/aromatic N) is 2. The third kappa shape index (κ3) is 2.17. The maximum absolute atomic E-state index is 6.05. The molecule has 1 aromatic carbocycles. The fourth-order valence-electron chi connectivity index (χ4n) is 1.61. The highest BCUT2D eigenvalue weighted by atomic mass is 127. The topological polar surface area (TPSA) is 25.8 Å². The Morgan fingerprint density at radius 1 is 1.18 bits per heavy atom. The number of rotatable bonds is 1. The number of thiophene rings is 1. The quantitative estimate of drug-likeness (QED) is 0.460. The summed E-state index contributed by atoms with van der Waals surface area (Å²) in [6.45, 7) is 0. The molecule has 3 rings (SSSR count). The van der Waals surface area contributed by atoms with Crippen LogP contribution in [0.1, 0.15) is 0 Å². The Balaban J connectivity index is 2.22. The Morgan fingerprint density at radius 2 is 2.06 bits per heavy atom. The van der Waals surface area contributed by atoms with Crippen molar-refractivity contribution in [2.24, 2.45) is 0 Å². The first kappa shape index (κ1) is 11.4. The summed E-state index contributed by atoms with van der Waals surface area (Å²) in [6.07, 6.45) is 1.50. The van der Waals surface area contributed by atoms with Gasteiger partial charge in [0, 0.05) is 8.45 Å². The van der Waals surface area contributed by atoms with Gasteiger partial charge in [0.15, 0.2) is 0 Å². The van der Waals surface area contributed by atoms with Gasteiger partial charge in [-0.05, 0) is 46.4 Å². The highest BCUT2D eigenvalue weighted by molar-refractivity contribution is 14.1. The monoisotopic (exact) mass is 372 g/mol. The van der Waals surface area contributed by atoms with E-state index in [9.17, 15) is 0 Å². The average Bonchev–Trinajstić information content (AvgIpc) is 2.74. The molecule has 0 unspecified atom stereocenters. The summed E-state index contributed by atoms with van der Waals surface area (Å²) in [6, 6.07) is 10.4. The van der Waals surface area contributed by atoms with Gasteiger partial charge in [0.05, 0.1) is 10.2 Å². The zero-order valence-electron chi connectivity index (χ0n) is 8.52. The summed E-state index contributed by atoms with van der Waals surface area (Å²) in [5.41, 5.74) is 2.10. The van der Waals surface area contributed by atoms with Crippen LogP contribution in [0.4, 0.5) is 0 Å². The minimum atomic E-state index is 0.525. The third-order valence-electron chi connectivity index (χ3n) is 2.38. The molecular formula is C12H6ClIN2S. The molecule has 0 radical (unpaired) electrons. The Bertz CT molecular complexity index is 696. The fraction of sp³-hybridized carbons (Fsp3) is 0. The van der Waals surface area contributed by atoms with Crippen molar-refractivity contribution in [2.45, 2.75) is 0 Å². The van der Waals surface area contributed by atoms with Gasteiger partial charge in [0.25, 0.3) is 0 Å². The largest absolute Gasteiger partial charge is 0.235 e. The highest BCUT2D eigenvalue weighted by Crippen LogP contribution is 2.35. The lowest BCUT2D eigenvalue weighted by atomic mass is 10.2. The van der Waals surface area contributed by atoms with E-state index in [1.807, 2.05) is 0 Å². The third-order valence-corrected chi connectivity index (χ3v) is 4.63. The van der Waals surface area contributed by atoms with Crippen molar-refractivity contribution in [3.05, 3.63) is 45.4 Å². The van der Waals surface area contributed by atoms with Crippen LogP contribution in [0.25, 0.3) is 20.7 Å². The van der Waals surface area contributed by atoms with Crippen LogP contribution in [-0.2, 0) is 0 Å². The van der Waals surface area contributed by atoms with Crippen molar-refractivity contribution in [2.75, 3.05) is 0 Å². The molecule has 3 aromatic rings. The van der Waals surface area contributed by atoms with E-state index in [0.717, 1.165) is 10.2 Å². The number of benzene rings is 1. The van der Waals surface area contributed by atoms with Gasteiger partial charge in [-0.3, -0.25) is 0 Å². The molecule has 2 nitrogen and oxygen atoms in total. The number of aromatic nitrogens is 2. The molecule has 0 aliphatic rings. The van der Waals surface area contributed by atoms with Crippen LogP contribution in [0, 0.1) is 3.57 Å². The number of halogens is 2. The first-order chi connectivity index (χ1) is 8.24. The van der Waals surface area contributed by atoms with Crippen molar-refractivity contribution in [1.29, 1.82) is 0 Å². The lowest BCUT2D eigenvalue weighted by Crippen LogP contribution is -1.76. The van der Waals surface area contributed by atoms with E-state index >= 15 is 0 Å². The first-order valence-corrected chi connectivity index (χ1v) is 7.17. The minimum Gasteiger partial charge on any atom is -0.235 e. The summed E-state index contributed by atoms with van der Waals surface area (Å²) < 4.78 is 2.16. The van der Waals surface area contributed by atoms with Crippen molar-refractivity contribution >= 4 is 55.7 Å². The van der Waals surface area contributed by atoms with Crippen LogP contribution >= 0.6 is 45.5 Å². The lowest BCUT2D eigenvalue weighted by Gasteiger charge is -1.96. The molecule has 2 heterocycles. The molecule has 5 heteroatoms. The molecule has 0 spiro atoms. The van der Waals surface area contributed by atoms with Crippen LogP contribution in [0.3, 0.4) is 0 Å². The van der Waals surface area contributed by atoms with E-state index in [1.165, 1.54) is 20.3 Å². The molecule has 17 heavy (non-hydrogen) atoms. The molecule has 0 saturated carbocycles. The fourth-order valence-corrected chi connectivity index (χ4v) is 3.40. The summed E-state index contributed by atoms with van der Waals surface area (Å²) in [4.78, 5) is 9.39. The van der Waals surface area contributed by atoms with E-state index in [4.69, 9.17) is 11.6 Å². The first-order valence-electron chi connectivity index (χ1n) is 4.90. The normalized spacial score (nSPS) is 10.9. The summed E-state index contributed by atoms with van der Waals surface area (Å²) in [5, 5.41) is 0.525. The predicted molar refractivity (Wildman–Crippen MR) is 80.6 cm³/mol. The van der Waals surface area contributed by atoms with Gasteiger partial charge in [-0.1, -0.05) is 23.7 Å². The predicted octanol–water partition coefficient (Wildman–Crippen LogP) is 4.62. The van der Waals surface area contributed by atoms with Gasteiger partial charge >= 0.3 is 0 Å². The molecule has 0 aliphatic carbocycles. The second-order valence-corrected chi connectivity index (χ2v) is 6.16. The zero-order chi connectivity index (χ0) is 11.8. The standard InChI is InChI=1S/C12H6ClIN2S/c13-12-11-9(15-6-16-12)5-10(17-11)7-2-1-3-8(14)4-7/h1-6H. The number of hydrogen-bond donors (Lipinski definition) is 0. The van der Waals surface area contributed by atoms with E-state index in [2.05, 4.69) is 62.9 Å². The van der Waals surface area contributed by atoms with Crippen molar-refractivity contribution in [3.8, 4) is 10.4 Å². The second kappa shape index (κ2) is 4.51. The van der Waals surface area contributed by atoms with E-state index in [0.29, 0.717) is 5.15 Å². The molecule has 84 valence electrons. The molecule has 0 amide bonds. The van der Waals surface area contributed by atoms with Crippen LogP contribution < -0.4 is 0 Å². The maximum atomic E-state index is 6.05. The molecule has 0 aliphatic heterocycles. The van der Waals surface area contributed by atoms with Gasteiger partial charge in [-0.2, -0.15) is 0 Å². The maximum Gasteiger partial charge on any atom is 0.150 e. The summed E-state index contributed by atoms with van der Waals surface area (Å²) in [7, 11) is 0. The SMILES string of the molecule is Clc1ncnc2cc(-c3cccc(I)c3)sc12. The van der Waals surface area contributed by atoms with Crippen LogP contribution in [0.5, 0.6) is 0 Å². The van der Waals surface area contributed by atoms with Crippen molar-refractivity contribution in [1.82, 2.24) is 9.97 Å². The van der Waals surface area contributed by atoms with Crippen molar-refractivity contribution < 1.29 is 0 Å². The summed E-state index contributed by atoms with van der Waals surface area (Å²) in [5.74, 6) is 0. The second-order valence-electron chi connectivity index (χ2n) is 3.50. The van der Waals surface area contributed by atoms with E-state index in [1.54, 1.807) is 11.3 Å². The molecule has 0 N–H and O–H groups in total. The Hall–Kier alpha value is -0.720.